The predicted molar refractivity (Wildman–Crippen MR) is 87.2 cm³/mol. The maximum atomic E-state index is 6.23. The first-order valence-corrected chi connectivity index (χ1v) is 7.95. The van der Waals surface area contributed by atoms with E-state index in [0.29, 0.717) is 17.9 Å². The van der Waals surface area contributed by atoms with E-state index in [0.717, 1.165) is 19.2 Å². The van der Waals surface area contributed by atoms with Gasteiger partial charge in [-0.15, -0.1) is 11.3 Å². The Hall–Kier alpha value is -0.750. The number of thiophene rings is 1. The van der Waals surface area contributed by atoms with Crippen LogP contribution in [0, 0.1) is 0 Å². The SMILES string of the molecule is COc1ccc(CC(N)c2cc(Br)c(Cl)s2)cc1OC. The molecule has 1 unspecified atom stereocenters. The van der Waals surface area contributed by atoms with Crippen LogP contribution in [0.5, 0.6) is 11.5 Å². The van der Waals surface area contributed by atoms with E-state index in [1.165, 1.54) is 11.3 Å². The Balaban J connectivity index is 2.17. The summed E-state index contributed by atoms with van der Waals surface area (Å²) in [7, 11) is 3.24. The molecule has 108 valence electrons. The highest BCUT2D eigenvalue weighted by atomic mass is 79.9. The zero-order chi connectivity index (χ0) is 14.7. The lowest BCUT2D eigenvalue weighted by Crippen LogP contribution is -2.11. The van der Waals surface area contributed by atoms with E-state index < -0.39 is 0 Å². The Labute approximate surface area is 135 Å². The molecule has 0 saturated heterocycles. The lowest BCUT2D eigenvalue weighted by Gasteiger charge is -2.12. The molecular weight excluding hydrogens is 362 g/mol. The van der Waals surface area contributed by atoms with E-state index >= 15 is 0 Å². The Kier molecular flexibility index (Phi) is 5.32. The number of ether oxygens (including phenoxy) is 2. The summed E-state index contributed by atoms with van der Waals surface area (Å²) in [6.45, 7) is 0. The minimum absolute atomic E-state index is 0.0955. The lowest BCUT2D eigenvalue weighted by molar-refractivity contribution is 0.354. The minimum Gasteiger partial charge on any atom is -0.493 e. The molecule has 3 nitrogen and oxygen atoms in total. The van der Waals surface area contributed by atoms with Gasteiger partial charge in [-0.25, -0.2) is 0 Å². The van der Waals surface area contributed by atoms with Gasteiger partial charge in [0.05, 0.1) is 14.2 Å². The second-order valence-corrected chi connectivity index (χ2v) is 6.81. The monoisotopic (exact) mass is 375 g/mol. The molecule has 2 rings (SSSR count). The summed E-state index contributed by atoms with van der Waals surface area (Å²) in [5.41, 5.74) is 7.32. The molecule has 0 aliphatic carbocycles. The summed E-state index contributed by atoms with van der Waals surface area (Å²) in [5, 5.41) is 0. The zero-order valence-electron chi connectivity index (χ0n) is 11.2. The van der Waals surface area contributed by atoms with Gasteiger partial charge in [0, 0.05) is 15.4 Å². The molecule has 1 atom stereocenters. The van der Waals surface area contributed by atoms with Crippen LogP contribution >= 0.6 is 38.9 Å². The lowest BCUT2D eigenvalue weighted by atomic mass is 10.0. The van der Waals surface area contributed by atoms with Crippen LogP contribution < -0.4 is 15.2 Å². The van der Waals surface area contributed by atoms with Gasteiger partial charge in [0.1, 0.15) is 4.34 Å². The number of hydrogen-bond acceptors (Lipinski definition) is 4. The Morgan fingerprint density at radius 1 is 1.25 bits per heavy atom. The van der Waals surface area contributed by atoms with Crippen molar-refractivity contribution < 1.29 is 9.47 Å². The van der Waals surface area contributed by atoms with E-state index in [1.807, 2.05) is 24.3 Å². The molecule has 1 heterocycles. The third kappa shape index (κ3) is 3.47. The van der Waals surface area contributed by atoms with Gasteiger partial charge in [0.2, 0.25) is 0 Å². The number of benzene rings is 1. The summed E-state index contributed by atoms with van der Waals surface area (Å²) in [5.74, 6) is 1.43. The van der Waals surface area contributed by atoms with Gasteiger partial charge >= 0.3 is 0 Å². The fourth-order valence-corrected chi connectivity index (χ4v) is 3.65. The van der Waals surface area contributed by atoms with Gasteiger partial charge < -0.3 is 15.2 Å². The highest BCUT2D eigenvalue weighted by Crippen LogP contribution is 2.36. The molecule has 0 amide bonds. The summed E-state index contributed by atoms with van der Waals surface area (Å²) in [6, 6.07) is 7.70. The van der Waals surface area contributed by atoms with Crippen molar-refractivity contribution in [2.24, 2.45) is 5.73 Å². The summed E-state index contributed by atoms with van der Waals surface area (Å²) in [6.07, 6.45) is 0.712. The maximum Gasteiger partial charge on any atom is 0.160 e. The molecule has 2 N–H and O–H groups in total. The highest BCUT2D eigenvalue weighted by molar-refractivity contribution is 9.10. The fourth-order valence-electron chi connectivity index (χ4n) is 1.91. The first kappa shape index (κ1) is 15.6. The average molecular weight is 377 g/mol. The molecule has 6 heteroatoms. The summed E-state index contributed by atoms with van der Waals surface area (Å²) < 4.78 is 12.1. The van der Waals surface area contributed by atoms with Crippen LogP contribution in [-0.2, 0) is 6.42 Å². The Morgan fingerprint density at radius 3 is 2.50 bits per heavy atom. The summed E-state index contributed by atoms with van der Waals surface area (Å²) >= 11 is 10.9. The van der Waals surface area contributed by atoms with E-state index in [-0.39, 0.29) is 6.04 Å². The van der Waals surface area contributed by atoms with Gasteiger partial charge in [-0.3, -0.25) is 0 Å². The van der Waals surface area contributed by atoms with Crippen LogP contribution in [-0.4, -0.2) is 14.2 Å². The van der Waals surface area contributed by atoms with Crippen molar-refractivity contribution in [3.63, 3.8) is 0 Å². The molecule has 0 aliphatic heterocycles. The van der Waals surface area contributed by atoms with Gasteiger partial charge in [-0.05, 0) is 46.1 Å². The molecule has 1 aromatic carbocycles. The van der Waals surface area contributed by atoms with Gasteiger partial charge in [0.25, 0.3) is 0 Å². The third-order valence-corrected chi connectivity index (χ3v) is 5.54. The molecule has 0 aliphatic rings. The first-order valence-electron chi connectivity index (χ1n) is 5.96. The van der Waals surface area contributed by atoms with E-state index in [2.05, 4.69) is 15.9 Å². The summed E-state index contributed by atoms with van der Waals surface area (Å²) in [4.78, 5) is 1.05. The molecule has 0 fully saturated rings. The molecule has 0 saturated carbocycles. The van der Waals surface area contributed by atoms with Gasteiger partial charge in [-0.2, -0.15) is 0 Å². The second kappa shape index (κ2) is 6.80. The molecule has 20 heavy (non-hydrogen) atoms. The number of hydrogen-bond donors (Lipinski definition) is 1. The van der Waals surface area contributed by atoms with Gasteiger partial charge in [-0.1, -0.05) is 17.7 Å². The van der Waals surface area contributed by atoms with Crippen LogP contribution in [0.4, 0.5) is 0 Å². The van der Waals surface area contributed by atoms with Crippen LogP contribution in [0.2, 0.25) is 4.34 Å². The Bertz CT molecular complexity index is 583. The van der Waals surface area contributed by atoms with Crippen LogP contribution in [0.25, 0.3) is 0 Å². The van der Waals surface area contributed by atoms with Crippen molar-refractivity contribution in [3.05, 3.63) is 43.5 Å². The number of halogens is 2. The fraction of sp³-hybridized carbons (Fsp3) is 0.286. The van der Waals surface area contributed by atoms with Crippen molar-refractivity contribution in [1.82, 2.24) is 0 Å². The topological polar surface area (TPSA) is 44.5 Å². The minimum atomic E-state index is -0.0955. The quantitative estimate of drug-likeness (QED) is 0.840. The van der Waals surface area contributed by atoms with Crippen LogP contribution in [0.3, 0.4) is 0 Å². The van der Waals surface area contributed by atoms with E-state index in [4.69, 9.17) is 26.8 Å². The predicted octanol–water partition coefficient (Wildman–Crippen LogP) is 4.42. The average Bonchev–Trinajstić information content (AvgIpc) is 2.78. The largest absolute Gasteiger partial charge is 0.493 e. The van der Waals surface area contributed by atoms with Crippen LogP contribution in [0.1, 0.15) is 16.5 Å². The molecule has 0 spiro atoms. The highest BCUT2D eigenvalue weighted by Gasteiger charge is 2.14. The normalized spacial score (nSPS) is 12.2. The molecular formula is C14H15BrClNO2S. The van der Waals surface area contributed by atoms with E-state index in [9.17, 15) is 0 Å². The van der Waals surface area contributed by atoms with Crippen molar-refractivity contribution >= 4 is 38.9 Å². The third-order valence-electron chi connectivity index (χ3n) is 2.93. The number of rotatable bonds is 5. The molecule has 0 radical (unpaired) electrons. The number of methoxy groups -OCH3 is 2. The molecule has 2 aromatic rings. The molecule has 0 bridgehead atoms. The smallest absolute Gasteiger partial charge is 0.160 e. The van der Waals surface area contributed by atoms with Crippen molar-refractivity contribution in [2.45, 2.75) is 12.5 Å². The maximum absolute atomic E-state index is 6.23. The molecule has 1 aromatic heterocycles. The second-order valence-electron chi connectivity index (χ2n) is 4.27. The van der Waals surface area contributed by atoms with Crippen molar-refractivity contribution in [1.29, 1.82) is 0 Å². The Morgan fingerprint density at radius 2 is 1.95 bits per heavy atom. The number of nitrogens with two attached hydrogens (primary N) is 1. The van der Waals surface area contributed by atoms with E-state index in [1.54, 1.807) is 14.2 Å². The van der Waals surface area contributed by atoms with Crippen molar-refractivity contribution in [3.8, 4) is 11.5 Å². The van der Waals surface area contributed by atoms with Crippen LogP contribution in [0.15, 0.2) is 28.7 Å². The first-order chi connectivity index (χ1) is 9.55. The standard InChI is InChI=1S/C14H15BrClNO2S/c1-18-11-4-3-8(6-12(11)19-2)5-10(17)13-7-9(15)14(16)20-13/h3-4,6-7,10H,5,17H2,1-2H3. The van der Waals surface area contributed by atoms with Gasteiger partial charge in [0.15, 0.2) is 11.5 Å². The zero-order valence-corrected chi connectivity index (χ0v) is 14.3. The van der Waals surface area contributed by atoms with Crippen molar-refractivity contribution in [2.75, 3.05) is 14.2 Å².